The second-order valence-electron chi connectivity index (χ2n) is 4.25. The molecule has 0 saturated heterocycles. The largest absolute Gasteiger partial charge is 0.477 e. The maximum Gasteiger partial charge on any atom is 0.346 e. The number of carboxylic acid groups (broad SMARTS) is 1. The van der Waals surface area contributed by atoms with Crippen LogP contribution in [0.4, 0.5) is 0 Å². The number of sulfonamides is 1. The van der Waals surface area contributed by atoms with Gasteiger partial charge in [0.2, 0.25) is 10.0 Å². The van der Waals surface area contributed by atoms with E-state index < -0.39 is 22.0 Å². The highest BCUT2D eigenvalue weighted by Crippen LogP contribution is 2.26. The fourth-order valence-electron chi connectivity index (χ4n) is 1.61. The number of aliphatic hydroxyl groups is 1. The number of aliphatic hydroxyl groups excluding tert-OH is 1. The minimum Gasteiger partial charge on any atom is -0.477 e. The standard InChI is InChI=1S/C11H17NO5S3/c1-6-4-9(19-10(6)11(14)15)20(16,17)12-7(2)8(5-13)18-3/h4,7-8,12-13H,5H2,1-3H3,(H,14,15). The van der Waals surface area contributed by atoms with E-state index in [0.29, 0.717) is 5.56 Å². The van der Waals surface area contributed by atoms with Crippen LogP contribution in [0, 0.1) is 6.92 Å². The summed E-state index contributed by atoms with van der Waals surface area (Å²) in [5.41, 5.74) is 0.416. The first-order valence-corrected chi connectivity index (χ1v) is 9.31. The van der Waals surface area contributed by atoms with Gasteiger partial charge in [-0.2, -0.15) is 11.8 Å². The molecule has 0 aliphatic carbocycles. The fraction of sp³-hybridized carbons (Fsp3) is 0.545. The molecule has 1 aromatic rings. The Morgan fingerprint density at radius 2 is 2.15 bits per heavy atom. The molecule has 9 heteroatoms. The summed E-state index contributed by atoms with van der Waals surface area (Å²) >= 11 is 2.08. The molecule has 3 N–H and O–H groups in total. The molecule has 6 nitrogen and oxygen atoms in total. The zero-order valence-electron chi connectivity index (χ0n) is 11.3. The first-order chi connectivity index (χ1) is 9.22. The molecule has 2 unspecified atom stereocenters. The second-order valence-corrected chi connectivity index (χ2v) is 8.32. The molecule has 2 atom stereocenters. The molecule has 0 saturated carbocycles. The number of carboxylic acids is 1. The number of aryl methyl sites for hydroxylation is 1. The second kappa shape index (κ2) is 6.90. The minimum atomic E-state index is -3.78. The summed E-state index contributed by atoms with van der Waals surface area (Å²) in [4.78, 5) is 11.0. The lowest BCUT2D eigenvalue weighted by molar-refractivity contribution is 0.0701. The first-order valence-electron chi connectivity index (χ1n) is 5.72. The molecule has 0 aromatic carbocycles. The van der Waals surface area contributed by atoms with Crippen molar-refractivity contribution in [2.45, 2.75) is 29.3 Å². The van der Waals surface area contributed by atoms with Crippen LogP contribution >= 0.6 is 23.1 Å². The fourth-order valence-corrected chi connectivity index (χ4v) is 5.00. The summed E-state index contributed by atoms with van der Waals surface area (Å²) < 4.78 is 26.8. The van der Waals surface area contributed by atoms with Gasteiger partial charge in [-0.25, -0.2) is 17.9 Å². The molecule has 0 aliphatic heterocycles. The van der Waals surface area contributed by atoms with E-state index in [1.165, 1.54) is 17.8 Å². The van der Waals surface area contributed by atoms with Crippen molar-refractivity contribution >= 4 is 39.1 Å². The smallest absolute Gasteiger partial charge is 0.346 e. The monoisotopic (exact) mass is 339 g/mol. The molecule has 0 spiro atoms. The lowest BCUT2D eigenvalue weighted by atomic mass is 10.3. The van der Waals surface area contributed by atoms with Crippen LogP contribution in [0.1, 0.15) is 22.2 Å². The van der Waals surface area contributed by atoms with E-state index in [2.05, 4.69) is 4.72 Å². The topological polar surface area (TPSA) is 104 Å². The maximum absolute atomic E-state index is 12.2. The number of aromatic carboxylic acids is 1. The number of thioether (sulfide) groups is 1. The van der Waals surface area contributed by atoms with Gasteiger partial charge in [-0.3, -0.25) is 0 Å². The van der Waals surface area contributed by atoms with Crippen molar-refractivity contribution in [2.24, 2.45) is 0 Å². The molecule has 20 heavy (non-hydrogen) atoms. The van der Waals surface area contributed by atoms with Crippen LogP contribution in [0.25, 0.3) is 0 Å². The lowest BCUT2D eigenvalue weighted by Gasteiger charge is -2.20. The van der Waals surface area contributed by atoms with Gasteiger partial charge in [0.15, 0.2) is 0 Å². The third-order valence-corrected chi connectivity index (χ3v) is 7.16. The first kappa shape index (κ1) is 17.4. The molecule has 1 heterocycles. The third-order valence-electron chi connectivity index (χ3n) is 2.74. The Kier molecular flexibility index (Phi) is 6.02. The average Bonchev–Trinajstić information content (AvgIpc) is 2.73. The van der Waals surface area contributed by atoms with Crippen LogP contribution in [-0.4, -0.2) is 48.8 Å². The average molecular weight is 339 g/mol. The summed E-state index contributed by atoms with van der Waals surface area (Å²) in [5, 5.41) is 17.8. The van der Waals surface area contributed by atoms with Gasteiger partial charge in [0, 0.05) is 11.3 Å². The van der Waals surface area contributed by atoms with Gasteiger partial charge in [-0.1, -0.05) is 0 Å². The maximum atomic E-state index is 12.2. The van der Waals surface area contributed by atoms with Crippen LogP contribution in [0.5, 0.6) is 0 Å². The SMILES string of the molecule is CSC(CO)C(C)NS(=O)(=O)c1cc(C)c(C(=O)O)s1. The van der Waals surface area contributed by atoms with E-state index >= 15 is 0 Å². The summed E-state index contributed by atoms with van der Waals surface area (Å²) in [6.07, 6.45) is 1.78. The molecule has 1 aromatic heterocycles. The van der Waals surface area contributed by atoms with Crippen LogP contribution in [0.15, 0.2) is 10.3 Å². The van der Waals surface area contributed by atoms with Gasteiger partial charge < -0.3 is 10.2 Å². The number of hydrogen-bond donors (Lipinski definition) is 3. The molecule has 114 valence electrons. The van der Waals surface area contributed by atoms with Gasteiger partial charge in [-0.15, -0.1) is 11.3 Å². The zero-order valence-corrected chi connectivity index (χ0v) is 13.7. The number of carbonyl (C=O) groups is 1. The highest BCUT2D eigenvalue weighted by Gasteiger charge is 2.26. The Labute approximate surface area is 126 Å². The van der Waals surface area contributed by atoms with Gasteiger partial charge >= 0.3 is 5.97 Å². The van der Waals surface area contributed by atoms with E-state index in [1.54, 1.807) is 20.1 Å². The van der Waals surface area contributed by atoms with E-state index in [1.807, 2.05) is 0 Å². The van der Waals surface area contributed by atoms with E-state index in [0.717, 1.165) is 11.3 Å². The number of nitrogens with one attached hydrogen (secondary N) is 1. The van der Waals surface area contributed by atoms with Crippen molar-refractivity contribution in [3.63, 3.8) is 0 Å². The van der Waals surface area contributed by atoms with E-state index in [4.69, 9.17) is 10.2 Å². The lowest BCUT2D eigenvalue weighted by Crippen LogP contribution is -2.40. The molecule has 0 amide bonds. The van der Waals surface area contributed by atoms with Crippen molar-refractivity contribution in [3.05, 3.63) is 16.5 Å². The number of rotatable bonds is 7. The Bertz CT molecular complexity index is 577. The number of thiophene rings is 1. The van der Waals surface area contributed by atoms with Crippen LogP contribution < -0.4 is 4.72 Å². The third kappa shape index (κ3) is 3.95. The van der Waals surface area contributed by atoms with Crippen molar-refractivity contribution in [1.82, 2.24) is 4.72 Å². The molecule has 0 radical (unpaired) electrons. The predicted molar refractivity (Wildman–Crippen MR) is 80.2 cm³/mol. The summed E-state index contributed by atoms with van der Waals surface area (Å²) in [6, 6.07) is 0.881. The van der Waals surface area contributed by atoms with Gasteiger partial charge in [-0.05, 0) is 31.7 Å². The van der Waals surface area contributed by atoms with Gasteiger partial charge in [0.05, 0.1) is 6.61 Å². The Morgan fingerprint density at radius 3 is 2.55 bits per heavy atom. The summed E-state index contributed by atoms with van der Waals surface area (Å²) in [5.74, 6) is -1.14. The predicted octanol–water partition coefficient (Wildman–Crippen LogP) is 1.15. The summed E-state index contributed by atoms with van der Waals surface area (Å²) in [6.45, 7) is 3.07. The Hall–Kier alpha value is -0.610. The van der Waals surface area contributed by atoms with Crippen molar-refractivity contribution in [3.8, 4) is 0 Å². The molecule has 0 bridgehead atoms. The quantitative estimate of drug-likeness (QED) is 0.688. The molecule has 0 fully saturated rings. The number of hydrogen-bond acceptors (Lipinski definition) is 6. The summed E-state index contributed by atoms with van der Waals surface area (Å²) in [7, 11) is -3.78. The normalized spacial score (nSPS) is 15.0. The molecule has 1 rings (SSSR count). The highest BCUT2D eigenvalue weighted by molar-refractivity contribution is 7.99. The van der Waals surface area contributed by atoms with Gasteiger partial charge in [0.1, 0.15) is 9.09 Å². The van der Waals surface area contributed by atoms with Crippen molar-refractivity contribution in [1.29, 1.82) is 0 Å². The van der Waals surface area contributed by atoms with Crippen LogP contribution in [0.3, 0.4) is 0 Å². The molecular weight excluding hydrogens is 322 g/mol. The zero-order chi connectivity index (χ0) is 15.5. The molecule has 0 aliphatic rings. The minimum absolute atomic E-state index is 0.0154. The van der Waals surface area contributed by atoms with Crippen LogP contribution in [-0.2, 0) is 10.0 Å². The van der Waals surface area contributed by atoms with E-state index in [-0.39, 0.29) is 20.9 Å². The Morgan fingerprint density at radius 1 is 1.55 bits per heavy atom. The van der Waals surface area contributed by atoms with Crippen LogP contribution in [0.2, 0.25) is 0 Å². The molecular formula is C11H17NO5S3. The van der Waals surface area contributed by atoms with Crippen molar-refractivity contribution < 1.29 is 23.4 Å². The highest BCUT2D eigenvalue weighted by atomic mass is 32.2. The van der Waals surface area contributed by atoms with Gasteiger partial charge in [0.25, 0.3) is 0 Å². The van der Waals surface area contributed by atoms with E-state index in [9.17, 15) is 13.2 Å². The van der Waals surface area contributed by atoms with Crippen molar-refractivity contribution in [2.75, 3.05) is 12.9 Å². The Balaban J connectivity index is 3.00.